The molecule has 1 aliphatic rings. The van der Waals surface area contributed by atoms with E-state index in [0.717, 1.165) is 46.0 Å². The fraction of sp³-hybridized carbons (Fsp3) is 0.258. The number of nitrogens with one attached hydrogen (secondary N) is 2. The molecule has 0 spiro atoms. The van der Waals surface area contributed by atoms with Gasteiger partial charge in [-0.05, 0) is 80.0 Å². The van der Waals surface area contributed by atoms with Crippen LogP contribution >= 0.6 is 12.2 Å². The number of phenols is 1. The molecule has 0 aliphatic carbocycles. The van der Waals surface area contributed by atoms with E-state index in [2.05, 4.69) is 45.0 Å². The highest BCUT2D eigenvalue weighted by Crippen LogP contribution is 2.42. The maximum atomic E-state index is 13.0. The van der Waals surface area contributed by atoms with Gasteiger partial charge < -0.3 is 25.2 Å². The van der Waals surface area contributed by atoms with Crippen molar-refractivity contribution in [3.63, 3.8) is 0 Å². The third kappa shape index (κ3) is 5.25. The minimum Gasteiger partial charge on any atom is -0.506 e. The number of pyridine rings is 1. The van der Waals surface area contributed by atoms with E-state index < -0.39 is 0 Å². The number of hydrogen-bond donors (Lipinski definition) is 3. The van der Waals surface area contributed by atoms with Gasteiger partial charge in [0.05, 0.1) is 23.5 Å². The van der Waals surface area contributed by atoms with Crippen molar-refractivity contribution < 1.29 is 9.90 Å². The molecule has 39 heavy (non-hydrogen) atoms. The lowest BCUT2D eigenvalue weighted by Gasteiger charge is -2.28. The Kier molecular flexibility index (Phi) is 7.65. The molecule has 1 aliphatic heterocycles. The van der Waals surface area contributed by atoms with Gasteiger partial charge in [0.25, 0.3) is 0 Å². The number of carbonyl (C=O) groups is 1. The summed E-state index contributed by atoms with van der Waals surface area (Å²) in [7, 11) is 0. The van der Waals surface area contributed by atoms with Crippen molar-refractivity contribution in [3.8, 4) is 11.4 Å². The molecule has 3 heterocycles. The van der Waals surface area contributed by atoms with Gasteiger partial charge in [0, 0.05) is 36.2 Å². The number of anilines is 1. The quantitative estimate of drug-likeness (QED) is 0.247. The highest BCUT2D eigenvalue weighted by Gasteiger charge is 2.41. The summed E-state index contributed by atoms with van der Waals surface area (Å²) in [5.74, 6) is 0.159. The number of rotatable bonds is 8. The summed E-state index contributed by atoms with van der Waals surface area (Å²) in [6, 6.07) is 22.8. The maximum Gasteiger partial charge on any atom is 0.226 e. The van der Waals surface area contributed by atoms with E-state index in [1.807, 2.05) is 67.6 Å². The Morgan fingerprint density at radius 3 is 2.56 bits per heavy atom. The van der Waals surface area contributed by atoms with E-state index in [0.29, 0.717) is 11.7 Å². The van der Waals surface area contributed by atoms with E-state index in [1.54, 1.807) is 12.3 Å². The van der Waals surface area contributed by atoms with Crippen molar-refractivity contribution in [2.24, 2.45) is 0 Å². The van der Waals surface area contributed by atoms with E-state index in [1.165, 1.54) is 0 Å². The van der Waals surface area contributed by atoms with Gasteiger partial charge >= 0.3 is 0 Å². The molecule has 8 heteroatoms. The van der Waals surface area contributed by atoms with Gasteiger partial charge in [-0.2, -0.15) is 0 Å². The molecule has 0 radical (unpaired) electrons. The van der Waals surface area contributed by atoms with Crippen LogP contribution < -0.4 is 10.6 Å². The monoisotopic (exact) mass is 539 g/mol. The number of hydrogen-bond acceptors (Lipinski definition) is 4. The number of phenolic OH excluding ortho intramolecular Hbond substituents is 1. The molecule has 2 aromatic carbocycles. The summed E-state index contributed by atoms with van der Waals surface area (Å²) in [6.45, 7) is 6.61. The number of benzene rings is 2. The van der Waals surface area contributed by atoms with Gasteiger partial charge in [-0.15, -0.1) is 0 Å². The van der Waals surface area contributed by atoms with Crippen LogP contribution in [0.3, 0.4) is 0 Å². The van der Waals surface area contributed by atoms with Crippen LogP contribution in [0, 0.1) is 13.8 Å². The Morgan fingerprint density at radius 2 is 1.82 bits per heavy atom. The second-order valence-electron chi connectivity index (χ2n) is 9.78. The summed E-state index contributed by atoms with van der Waals surface area (Å²) in [5, 5.41) is 17.7. The van der Waals surface area contributed by atoms with Gasteiger partial charge in [0.2, 0.25) is 5.91 Å². The molecular formula is C31H33N5O2S. The van der Waals surface area contributed by atoms with Crippen LogP contribution in [0.25, 0.3) is 5.69 Å². The van der Waals surface area contributed by atoms with Crippen LogP contribution in [0.15, 0.2) is 79.0 Å². The average Bonchev–Trinajstić information content (AvgIpc) is 3.42. The summed E-state index contributed by atoms with van der Waals surface area (Å²) in [4.78, 5) is 19.8. The Bertz CT molecular complexity index is 1500. The third-order valence-electron chi connectivity index (χ3n) is 7.36. The zero-order valence-electron chi connectivity index (χ0n) is 22.4. The first kappa shape index (κ1) is 26.4. The zero-order chi connectivity index (χ0) is 27.5. The highest BCUT2D eigenvalue weighted by molar-refractivity contribution is 7.80. The van der Waals surface area contributed by atoms with Crippen molar-refractivity contribution in [1.29, 1.82) is 0 Å². The van der Waals surface area contributed by atoms with Crippen LogP contribution in [0.1, 0.15) is 53.6 Å². The van der Waals surface area contributed by atoms with Crippen molar-refractivity contribution in [2.45, 2.75) is 45.7 Å². The van der Waals surface area contributed by atoms with Crippen molar-refractivity contribution in [1.82, 2.24) is 19.8 Å². The molecular weight excluding hydrogens is 506 g/mol. The van der Waals surface area contributed by atoms with Crippen LogP contribution in [0.5, 0.6) is 5.75 Å². The standard InChI is InChI=1S/C31H33N5O2S/c1-4-22-11-5-6-12-24(22)33-28(38)16-18-35-30(29(34-31(35)39)25-13-9-10-17-32-25)23-19-20(2)36(21(23)3)26-14-7-8-15-27(26)37/h5-15,17,19,29-30,37H,4,16,18H2,1-3H3,(H,33,38)(H,34,39)/t29-,30-/m1/s1. The number of para-hydroxylation sites is 3. The molecule has 7 nitrogen and oxygen atoms in total. The van der Waals surface area contributed by atoms with E-state index in [-0.39, 0.29) is 30.2 Å². The highest BCUT2D eigenvalue weighted by atomic mass is 32.1. The van der Waals surface area contributed by atoms with Crippen LogP contribution in [0.4, 0.5) is 5.69 Å². The number of nitrogens with zero attached hydrogens (tertiary/aromatic N) is 3. The third-order valence-corrected chi connectivity index (χ3v) is 7.71. The number of aryl methyl sites for hydroxylation is 2. The number of amides is 1. The van der Waals surface area contributed by atoms with Crippen molar-refractivity contribution >= 4 is 28.9 Å². The Hall–Kier alpha value is -4.17. The lowest BCUT2D eigenvalue weighted by molar-refractivity contribution is -0.116. The minimum absolute atomic E-state index is 0.0570. The number of thiocarbonyl (C=S) groups is 1. The van der Waals surface area contributed by atoms with Gasteiger partial charge in [0.15, 0.2) is 5.11 Å². The second-order valence-corrected chi connectivity index (χ2v) is 10.2. The molecule has 0 unspecified atom stereocenters. The largest absolute Gasteiger partial charge is 0.506 e. The van der Waals surface area contributed by atoms with Gasteiger partial charge in [-0.3, -0.25) is 9.78 Å². The normalized spacial score (nSPS) is 16.8. The summed E-state index contributed by atoms with van der Waals surface area (Å²) in [6.07, 6.45) is 2.91. The van der Waals surface area contributed by atoms with Gasteiger partial charge in [0.1, 0.15) is 5.75 Å². The SMILES string of the molecule is CCc1ccccc1NC(=O)CCN1C(=S)N[C@H](c2ccccn2)[C@H]1c1cc(C)n(-c2ccccc2O)c1C. The summed E-state index contributed by atoms with van der Waals surface area (Å²) in [5.41, 5.74) is 6.61. The second kappa shape index (κ2) is 11.3. The first-order valence-corrected chi connectivity index (χ1v) is 13.6. The molecule has 2 aromatic heterocycles. The molecule has 2 atom stereocenters. The lowest BCUT2D eigenvalue weighted by Crippen LogP contribution is -2.33. The molecule has 200 valence electrons. The van der Waals surface area contributed by atoms with Crippen molar-refractivity contribution in [3.05, 3.63) is 107 Å². The number of carbonyl (C=O) groups excluding carboxylic acids is 1. The van der Waals surface area contributed by atoms with Gasteiger partial charge in [-0.25, -0.2) is 0 Å². The Morgan fingerprint density at radius 1 is 1.08 bits per heavy atom. The van der Waals surface area contributed by atoms with E-state index in [4.69, 9.17) is 12.2 Å². The summed E-state index contributed by atoms with van der Waals surface area (Å²) < 4.78 is 2.06. The van der Waals surface area contributed by atoms with Crippen molar-refractivity contribution in [2.75, 3.05) is 11.9 Å². The van der Waals surface area contributed by atoms with Crippen LogP contribution in [0.2, 0.25) is 0 Å². The molecule has 4 aromatic rings. The Balaban J connectivity index is 1.47. The first-order valence-electron chi connectivity index (χ1n) is 13.2. The number of aromatic hydroxyl groups is 1. The van der Waals surface area contributed by atoms with Crippen LogP contribution in [-0.4, -0.2) is 37.1 Å². The smallest absolute Gasteiger partial charge is 0.226 e. The lowest BCUT2D eigenvalue weighted by atomic mass is 9.96. The predicted molar refractivity (Wildman–Crippen MR) is 158 cm³/mol. The Labute approximate surface area is 234 Å². The topological polar surface area (TPSA) is 82.4 Å². The predicted octanol–water partition coefficient (Wildman–Crippen LogP) is 5.76. The fourth-order valence-electron chi connectivity index (χ4n) is 5.48. The molecule has 1 saturated heterocycles. The van der Waals surface area contributed by atoms with Crippen LogP contribution in [-0.2, 0) is 11.2 Å². The molecule has 0 bridgehead atoms. The first-order chi connectivity index (χ1) is 18.9. The molecule has 0 saturated carbocycles. The van der Waals surface area contributed by atoms with E-state index in [9.17, 15) is 9.90 Å². The maximum absolute atomic E-state index is 13.0. The van der Waals surface area contributed by atoms with E-state index >= 15 is 0 Å². The zero-order valence-corrected chi connectivity index (χ0v) is 23.2. The molecule has 1 fully saturated rings. The van der Waals surface area contributed by atoms with Gasteiger partial charge in [-0.1, -0.05) is 43.3 Å². The molecule has 5 rings (SSSR count). The summed E-state index contributed by atoms with van der Waals surface area (Å²) >= 11 is 5.82. The molecule has 3 N–H and O–H groups in total. The average molecular weight is 540 g/mol. The molecule has 1 amide bonds. The minimum atomic E-state index is -0.194. The fourth-order valence-corrected chi connectivity index (χ4v) is 5.81. The number of aromatic nitrogens is 2.